The van der Waals surface area contributed by atoms with Crippen molar-refractivity contribution in [3.8, 4) is 5.75 Å². The van der Waals surface area contributed by atoms with Gasteiger partial charge in [0, 0.05) is 13.0 Å². The number of benzene rings is 1. The second kappa shape index (κ2) is 8.13. The van der Waals surface area contributed by atoms with Gasteiger partial charge >= 0.3 is 5.97 Å². The van der Waals surface area contributed by atoms with E-state index >= 15 is 0 Å². The Balaban J connectivity index is 0.000000200. The smallest absolute Gasteiger partial charge is 0.337 e. The number of hydrogen-bond acceptors (Lipinski definition) is 4. The van der Waals surface area contributed by atoms with E-state index in [0.717, 1.165) is 25.8 Å². The van der Waals surface area contributed by atoms with Crippen molar-refractivity contribution in [2.24, 2.45) is 0 Å². The Hall–Kier alpha value is -2.04. The fourth-order valence-corrected chi connectivity index (χ4v) is 1.62. The number of rotatable bonds is 1. The summed E-state index contributed by atoms with van der Waals surface area (Å²) in [6.45, 7) is 0.888. The maximum atomic E-state index is 10.8. The van der Waals surface area contributed by atoms with Crippen molar-refractivity contribution in [2.75, 3.05) is 13.7 Å². The quantitative estimate of drug-likeness (QED) is 0.760. The standard InChI is InChI=1S/C8H8O3.C6H11NO/c1-11-8(10)6-2-4-7(9)5-3-6;8-6-4-2-1-3-5-7-6/h2-5,9H,1H3;1-5H2,(H,7,8). The predicted molar refractivity (Wildman–Crippen MR) is 70.9 cm³/mol. The highest BCUT2D eigenvalue weighted by Gasteiger charge is 2.03. The van der Waals surface area contributed by atoms with Gasteiger partial charge in [-0.2, -0.15) is 0 Å². The van der Waals surface area contributed by atoms with Gasteiger partial charge in [-0.15, -0.1) is 0 Å². The monoisotopic (exact) mass is 265 g/mol. The van der Waals surface area contributed by atoms with Crippen LogP contribution in [0, 0.1) is 0 Å². The van der Waals surface area contributed by atoms with Crippen molar-refractivity contribution < 1.29 is 19.4 Å². The molecule has 0 unspecified atom stereocenters. The summed E-state index contributed by atoms with van der Waals surface area (Å²) in [6.07, 6.45) is 4.18. The molecule has 1 aliphatic rings. The normalized spacial score (nSPS) is 14.5. The molecular formula is C14H19NO4. The first-order chi connectivity index (χ1) is 9.13. The first-order valence-electron chi connectivity index (χ1n) is 6.27. The van der Waals surface area contributed by atoms with E-state index in [1.165, 1.54) is 37.8 Å². The Morgan fingerprint density at radius 3 is 2.53 bits per heavy atom. The molecule has 2 rings (SSSR count). The van der Waals surface area contributed by atoms with Crippen LogP contribution >= 0.6 is 0 Å². The maximum Gasteiger partial charge on any atom is 0.337 e. The van der Waals surface area contributed by atoms with Gasteiger partial charge in [0.1, 0.15) is 5.75 Å². The number of amides is 1. The molecule has 1 aromatic carbocycles. The summed E-state index contributed by atoms with van der Waals surface area (Å²) >= 11 is 0. The predicted octanol–water partition coefficient (Wildman–Crippen LogP) is 1.86. The van der Waals surface area contributed by atoms with Crippen LogP contribution in [0.1, 0.15) is 36.0 Å². The molecule has 104 valence electrons. The summed E-state index contributed by atoms with van der Waals surface area (Å²) in [5.74, 6) is -0.0369. The molecule has 0 atom stereocenters. The van der Waals surface area contributed by atoms with Crippen molar-refractivity contribution in [1.82, 2.24) is 5.32 Å². The molecule has 1 amide bonds. The highest BCUT2D eigenvalue weighted by Crippen LogP contribution is 2.09. The average Bonchev–Trinajstić information content (AvgIpc) is 2.67. The third-order valence-electron chi connectivity index (χ3n) is 2.69. The molecule has 5 nitrogen and oxygen atoms in total. The Bertz CT molecular complexity index is 404. The van der Waals surface area contributed by atoms with Crippen molar-refractivity contribution in [2.45, 2.75) is 25.7 Å². The third kappa shape index (κ3) is 5.90. The van der Waals surface area contributed by atoms with E-state index in [1.807, 2.05) is 0 Å². The number of esters is 1. The summed E-state index contributed by atoms with van der Waals surface area (Å²) in [5, 5.41) is 11.7. The highest BCUT2D eigenvalue weighted by atomic mass is 16.5. The van der Waals surface area contributed by atoms with E-state index in [0.29, 0.717) is 5.56 Å². The van der Waals surface area contributed by atoms with Gasteiger partial charge in [-0.3, -0.25) is 4.79 Å². The zero-order valence-electron chi connectivity index (χ0n) is 11.0. The van der Waals surface area contributed by atoms with Crippen molar-refractivity contribution >= 4 is 11.9 Å². The van der Waals surface area contributed by atoms with Crippen LogP contribution in [0.25, 0.3) is 0 Å². The lowest BCUT2D eigenvalue weighted by Crippen LogP contribution is -2.21. The number of ether oxygens (including phenoxy) is 1. The van der Waals surface area contributed by atoms with Gasteiger partial charge in [-0.05, 0) is 37.1 Å². The first-order valence-corrected chi connectivity index (χ1v) is 6.27. The molecule has 0 saturated carbocycles. The molecule has 0 bridgehead atoms. The molecule has 1 heterocycles. The number of methoxy groups -OCH3 is 1. The zero-order chi connectivity index (χ0) is 14.1. The Morgan fingerprint density at radius 1 is 1.21 bits per heavy atom. The number of carbonyl (C=O) groups is 2. The van der Waals surface area contributed by atoms with Gasteiger partial charge in [0.05, 0.1) is 12.7 Å². The largest absolute Gasteiger partial charge is 0.508 e. The average molecular weight is 265 g/mol. The van der Waals surface area contributed by atoms with Crippen LogP contribution in [0.4, 0.5) is 0 Å². The molecule has 5 heteroatoms. The third-order valence-corrected chi connectivity index (χ3v) is 2.69. The minimum absolute atomic E-state index is 0.137. The second-order valence-corrected chi connectivity index (χ2v) is 4.20. The summed E-state index contributed by atoms with van der Waals surface area (Å²) < 4.78 is 4.46. The van der Waals surface area contributed by atoms with Crippen molar-refractivity contribution in [3.63, 3.8) is 0 Å². The van der Waals surface area contributed by atoms with Gasteiger partial charge in [0.2, 0.25) is 5.91 Å². The molecule has 2 N–H and O–H groups in total. The minimum Gasteiger partial charge on any atom is -0.508 e. The molecule has 1 fully saturated rings. The molecule has 0 radical (unpaired) electrons. The van der Waals surface area contributed by atoms with Crippen LogP contribution in [0.3, 0.4) is 0 Å². The minimum atomic E-state index is -0.398. The lowest BCUT2D eigenvalue weighted by atomic mass is 10.2. The second-order valence-electron chi connectivity index (χ2n) is 4.20. The van der Waals surface area contributed by atoms with Gasteiger partial charge in [-0.1, -0.05) is 6.42 Å². The van der Waals surface area contributed by atoms with E-state index in [9.17, 15) is 9.59 Å². The van der Waals surface area contributed by atoms with Gasteiger partial charge in [-0.25, -0.2) is 4.79 Å². The van der Waals surface area contributed by atoms with Crippen molar-refractivity contribution in [3.05, 3.63) is 29.8 Å². The number of carbonyl (C=O) groups excluding carboxylic acids is 2. The molecule has 0 aromatic heterocycles. The van der Waals surface area contributed by atoms with E-state index in [4.69, 9.17) is 5.11 Å². The van der Waals surface area contributed by atoms with Gasteiger partial charge in [0.15, 0.2) is 0 Å². The molecule has 0 spiro atoms. The fourth-order valence-electron chi connectivity index (χ4n) is 1.62. The Kier molecular flexibility index (Phi) is 6.43. The van der Waals surface area contributed by atoms with Crippen LogP contribution in [-0.2, 0) is 9.53 Å². The van der Waals surface area contributed by atoms with Crippen LogP contribution in [0.2, 0.25) is 0 Å². The SMILES string of the molecule is COC(=O)c1ccc(O)cc1.O=C1CCCCCN1. The highest BCUT2D eigenvalue weighted by molar-refractivity contribution is 5.89. The van der Waals surface area contributed by atoms with Crippen LogP contribution in [0.15, 0.2) is 24.3 Å². The van der Waals surface area contributed by atoms with Crippen molar-refractivity contribution in [1.29, 1.82) is 0 Å². The molecule has 1 saturated heterocycles. The maximum absolute atomic E-state index is 10.8. The summed E-state index contributed by atoms with van der Waals surface area (Å²) in [7, 11) is 1.31. The van der Waals surface area contributed by atoms with Crippen LogP contribution in [-0.4, -0.2) is 30.6 Å². The van der Waals surface area contributed by atoms with Crippen LogP contribution < -0.4 is 5.32 Å². The lowest BCUT2D eigenvalue weighted by Gasteiger charge is -1.97. The number of aromatic hydroxyl groups is 1. The number of hydrogen-bond donors (Lipinski definition) is 2. The molecule has 1 aromatic rings. The number of nitrogens with one attached hydrogen (secondary N) is 1. The number of phenolic OH excluding ortho intramolecular Hbond substituents is 1. The first kappa shape index (κ1) is 15.0. The molecule has 19 heavy (non-hydrogen) atoms. The zero-order valence-corrected chi connectivity index (χ0v) is 11.0. The Morgan fingerprint density at radius 2 is 1.89 bits per heavy atom. The summed E-state index contributed by atoms with van der Waals surface area (Å²) in [4.78, 5) is 21.4. The fraction of sp³-hybridized carbons (Fsp3) is 0.429. The van der Waals surface area contributed by atoms with E-state index in [-0.39, 0.29) is 11.7 Å². The molecular weight excluding hydrogens is 246 g/mol. The Labute approximate surface area is 112 Å². The number of phenols is 1. The lowest BCUT2D eigenvalue weighted by molar-refractivity contribution is -0.120. The molecule has 1 aliphatic heterocycles. The topological polar surface area (TPSA) is 75.6 Å². The van der Waals surface area contributed by atoms with Gasteiger partial charge < -0.3 is 15.2 Å². The van der Waals surface area contributed by atoms with E-state index in [2.05, 4.69) is 10.1 Å². The molecule has 0 aliphatic carbocycles. The summed E-state index contributed by atoms with van der Waals surface area (Å²) in [5.41, 5.74) is 0.435. The van der Waals surface area contributed by atoms with E-state index in [1.54, 1.807) is 0 Å². The van der Waals surface area contributed by atoms with Gasteiger partial charge in [0.25, 0.3) is 0 Å². The van der Waals surface area contributed by atoms with Crippen LogP contribution in [0.5, 0.6) is 5.75 Å². The summed E-state index contributed by atoms with van der Waals surface area (Å²) in [6, 6.07) is 5.88. The van der Waals surface area contributed by atoms with E-state index < -0.39 is 5.97 Å².